The molecule has 3 nitrogen and oxygen atoms in total. The lowest BCUT2D eigenvalue weighted by atomic mass is 10.1. The predicted octanol–water partition coefficient (Wildman–Crippen LogP) is 2.14. The summed E-state index contributed by atoms with van der Waals surface area (Å²) in [6.45, 7) is 3.68. The number of nitrogens with one attached hydrogen (secondary N) is 1. The van der Waals surface area contributed by atoms with Gasteiger partial charge in [0.2, 0.25) is 0 Å². The van der Waals surface area contributed by atoms with E-state index >= 15 is 0 Å². The third-order valence-electron chi connectivity index (χ3n) is 2.80. The number of fused-ring (bicyclic) bond motifs is 1. The Bertz CT molecular complexity index is 570. The molecule has 2 rings (SSSR count). The number of aromatic amines is 1. The molecule has 1 aromatic heterocycles. The van der Waals surface area contributed by atoms with Crippen LogP contribution in [0.5, 0.6) is 0 Å². The summed E-state index contributed by atoms with van der Waals surface area (Å²) in [5, 5.41) is 10.4. The highest BCUT2D eigenvalue weighted by Crippen LogP contribution is 2.16. The molecule has 84 valence electrons. The Morgan fingerprint density at radius 1 is 1.38 bits per heavy atom. The Balaban J connectivity index is 2.70. The summed E-state index contributed by atoms with van der Waals surface area (Å²) >= 11 is 0. The zero-order chi connectivity index (χ0) is 11.7. The number of benzene rings is 1. The van der Waals surface area contributed by atoms with Crippen LogP contribution in [-0.2, 0) is 6.42 Å². The van der Waals surface area contributed by atoms with Crippen molar-refractivity contribution in [2.45, 2.75) is 26.4 Å². The van der Waals surface area contributed by atoms with Crippen molar-refractivity contribution in [2.75, 3.05) is 0 Å². The van der Waals surface area contributed by atoms with Gasteiger partial charge in [0.15, 0.2) is 0 Å². The van der Waals surface area contributed by atoms with Crippen molar-refractivity contribution in [2.24, 2.45) is 0 Å². The van der Waals surface area contributed by atoms with E-state index < -0.39 is 6.10 Å². The molecular formula is C13H15NO2. The van der Waals surface area contributed by atoms with Gasteiger partial charge in [-0.1, -0.05) is 13.0 Å². The van der Waals surface area contributed by atoms with Gasteiger partial charge in [-0.25, -0.2) is 0 Å². The van der Waals surface area contributed by atoms with Crippen molar-refractivity contribution >= 4 is 10.9 Å². The van der Waals surface area contributed by atoms with Crippen molar-refractivity contribution in [1.82, 2.24) is 4.98 Å². The lowest BCUT2D eigenvalue weighted by molar-refractivity contribution is 0.198. The number of aliphatic hydroxyl groups is 1. The van der Waals surface area contributed by atoms with Crippen molar-refractivity contribution in [3.8, 4) is 0 Å². The van der Waals surface area contributed by atoms with Crippen LogP contribution in [0.1, 0.15) is 31.1 Å². The van der Waals surface area contributed by atoms with E-state index in [9.17, 15) is 9.90 Å². The number of H-pyrrole nitrogens is 1. The molecule has 1 heterocycles. The summed E-state index contributed by atoms with van der Waals surface area (Å²) < 4.78 is 0. The monoisotopic (exact) mass is 217 g/mol. The molecule has 1 unspecified atom stereocenters. The number of rotatable bonds is 2. The van der Waals surface area contributed by atoms with Gasteiger partial charge in [0, 0.05) is 11.1 Å². The molecule has 2 N–H and O–H groups in total. The van der Waals surface area contributed by atoms with E-state index in [1.54, 1.807) is 13.0 Å². The number of aryl methyl sites for hydroxylation is 1. The van der Waals surface area contributed by atoms with Crippen molar-refractivity contribution < 1.29 is 5.11 Å². The molecule has 0 bridgehead atoms. The first-order valence-electron chi connectivity index (χ1n) is 5.45. The number of hydrogen-bond acceptors (Lipinski definition) is 2. The van der Waals surface area contributed by atoms with Crippen LogP contribution >= 0.6 is 0 Å². The summed E-state index contributed by atoms with van der Waals surface area (Å²) in [5.41, 5.74) is 2.23. The summed E-state index contributed by atoms with van der Waals surface area (Å²) in [5.74, 6) is 0. The Morgan fingerprint density at radius 3 is 2.75 bits per heavy atom. The molecule has 3 heteroatoms. The molecule has 0 radical (unpaired) electrons. The van der Waals surface area contributed by atoms with E-state index in [0.29, 0.717) is 5.56 Å². The minimum atomic E-state index is -0.738. The quantitative estimate of drug-likeness (QED) is 0.809. The fraction of sp³-hybridized carbons (Fsp3) is 0.308. The Hall–Kier alpha value is -1.61. The van der Waals surface area contributed by atoms with E-state index in [2.05, 4.69) is 11.9 Å². The third kappa shape index (κ3) is 1.86. The molecule has 0 aliphatic heterocycles. The van der Waals surface area contributed by atoms with Gasteiger partial charge in [-0.15, -0.1) is 0 Å². The van der Waals surface area contributed by atoms with E-state index in [-0.39, 0.29) is 5.56 Å². The Morgan fingerprint density at radius 2 is 2.12 bits per heavy atom. The minimum absolute atomic E-state index is 0.216. The highest BCUT2D eigenvalue weighted by molar-refractivity contribution is 5.79. The van der Waals surface area contributed by atoms with Crippen molar-refractivity contribution in [3.05, 3.63) is 45.7 Å². The molecule has 0 fully saturated rings. The standard InChI is InChI=1S/C13H15NO2/c1-3-9-4-5-12-10(6-9)7-11(8(2)15)13(16)14-12/h4-8,15H,3H2,1-2H3,(H,14,16). The summed E-state index contributed by atoms with van der Waals surface area (Å²) in [7, 11) is 0. The SMILES string of the molecule is CCc1ccc2[nH]c(=O)c(C(C)O)cc2c1. The lowest BCUT2D eigenvalue weighted by Crippen LogP contribution is -2.14. The van der Waals surface area contributed by atoms with Crippen LogP contribution in [0.3, 0.4) is 0 Å². The molecule has 0 amide bonds. The fourth-order valence-corrected chi connectivity index (χ4v) is 1.80. The summed E-state index contributed by atoms with van der Waals surface area (Å²) in [6, 6.07) is 7.71. The Labute approximate surface area is 93.7 Å². The van der Waals surface area contributed by atoms with Gasteiger partial charge in [-0.2, -0.15) is 0 Å². The summed E-state index contributed by atoms with van der Waals surface area (Å²) in [6.07, 6.45) is 0.220. The number of pyridine rings is 1. The van der Waals surface area contributed by atoms with Crippen LogP contribution < -0.4 is 5.56 Å². The van der Waals surface area contributed by atoms with Crippen LogP contribution in [-0.4, -0.2) is 10.1 Å². The molecule has 0 saturated carbocycles. The van der Waals surface area contributed by atoms with Gasteiger partial charge >= 0.3 is 0 Å². The van der Waals surface area contributed by atoms with Gasteiger partial charge in [0.1, 0.15) is 0 Å². The summed E-state index contributed by atoms with van der Waals surface area (Å²) in [4.78, 5) is 14.4. The first-order valence-corrected chi connectivity index (χ1v) is 5.45. The van der Waals surface area contributed by atoms with Gasteiger partial charge in [-0.3, -0.25) is 4.79 Å². The topological polar surface area (TPSA) is 53.1 Å². The second kappa shape index (κ2) is 4.10. The van der Waals surface area contributed by atoms with Gasteiger partial charge in [-0.05, 0) is 42.5 Å². The van der Waals surface area contributed by atoms with Gasteiger partial charge in [0.25, 0.3) is 5.56 Å². The maximum Gasteiger partial charge on any atom is 0.254 e. The first-order chi connectivity index (χ1) is 7.61. The highest BCUT2D eigenvalue weighted by atomic mass is 16.3. The average Bonchev–Trinajstić information content (AvgIpc) is 2.27. The van der Waals surface area contributed by atoms with E-state index in [1.165, 1.54) is 5.56 Å². The maximum atomic E-state index is 11.6. The number of hydrogen-bond donors (Lipinski definition) is 2. The average molecular weight is 217 g/mol. The predicted molar refractivity (Wildman–Crippen MR) is 64.6 cm³/mol. The van der Waals surface area contributed by atoms with Crippen LogP contribution in [0.25, 0.3) is 10.9 Å². The zero-order valence-electron chi connectivity index (χ0n) is 9.45. The molecule has 0 aliphatic rings. The van der Waals surface area contributed by atoms with Crippen molar-refractivity contribution in [3.63, 3.8) is 0 Å². The molecule has 0 saturated heterocycles. The van der Waals surface area contributed by atoms with Crippen molar-refractivity contribution in [1.29, 1.82) is 0 Å². The van der Waals surface area contributed by atoms with Crippen LogP contribution in [0.15, 0.2) is 29.1 Å². The largest absolute Gasteiger partial charge is 0.388 e. The van der Waals surface area contributed by atoms with Crippen LogP contribution in [0.2, 0.25) is 0 Å². The van der Waals surface area contributed by atoms with Gasteiger partial charge in [0.05, 0.1) is 6.10 Å². The molecule has 1 atom stereocenters. The highest BCUT2D eigenvalue weighted by Gasteiger charge is 2.07. The molecule has 0 aliphatic carbocycles. The minimum Gasteiger partial charge on any atom is -0.388 e. The second-order valence-corrected chi connectivity index (χ2v) is 4.00. The first kappa shape index (κ1) is 10.9. The molecule has 1 aromatic carbocycles. The normalized spacial score (nSPS) is 12.9. The maximum absolute atomic E-state index is 11.6. The molecular weight excluding hydrogens is 202 g/mol. The van der Waals surface area contributed by atoms with Gasteiger partial charge < -0.3 is 10.1 Å². The number of aromatic nitrogens is 1. The zero-order valence-corrected chi connectivity index (χ0v) is 9.45. The van der Waals surface area contributed by atoms with E-state index in [1.807, 2.05) is 18.2 Å². The van der Waals surface area contributed by atoms with E-state index in [4.69, 9.17) is 0 Å². The second-order valence-electron chi connectivity index (χ2n) is 4.00. The molecule has 0 spiro atoms. The third-order valence-corrected chi connectivity index (χ3v) is 2.80. The molecule has 16 heavy (non-hydrogen) atoms. The fourth-order valence-electron chi connectivity index (χ4n) is 1.80. The lowest BCUT2D eigenvalue weighted by Gasteiger charge is -2.06. The number of aliphatic hydroxyl groups excluding tert-OH is 1. The molecule has 2 aromatic rings. The Kier molecular flexibility index (Phi) is 2.79. The smallest absolute Gasteiger partial charge is 0.254 e. The van der Waals surface area contributed by atoms with Crippen LogP contribution in [0.4, 0.5) is 0 Å². The van der Waals surface area contributed by atoms with Crippen LogP contribution in [0, 0.1) is 0 Å². The van der Waals surface area contributed by atoms with E-state index in [0.717, 1.165) is 17.3 Å².